The maximum atomic E-state index is 14.4. The van der Waals surface area contributed by atoms with Crippen molar-refractivity contribution in [1.82, 2.24) is 15.0 Å². The number of rotatable bonds is 1. The van der Waals surface area contributed by atoms with Crippen LogP contribution in [0.5, 0.6) is 0 Å². The Morgan fingerprint density at radius 2 is 1.59 bits per heavy atom. The molecule has 0 bridgehead atoms. The number of hydrogen-bond donors (Lipinski definition) is 0. The quantitative estimate of drug-likeness (QED) is 0.171. The zero-order valence-corrected chi connectivity index (χ0v) is 22.7. The third-order valence-corrected chi connectivity index (χ3v) is 6.78. The van der Waals surface area contributed by atoms with Crippen LogP contribution in [0.4, 0.5) is 4.39 Å². The van der Waals surface area contributed by atoms with Gasteiger partial charge in [0, 0.05) is 32.1 Å². The second-order valence-corrected chi connectivity index (χ2v) is 9.28. The van der Waals surface area contributed by atoms with Gasteiger partial charge in [-0.25, -0.2) is 9.37 Å². The Balaban J connectivity index is 0.000000151. The summed E-state index contributed by atoms with van der Waals surface area (Å²) in [6, 6.07) is 33.5. The van der Waals surface area contributed by atoms with Crippen molar-refractivity contribution in [3.05, 3.63) is 127 Å². The van der Waals surface area contributed by atoms with Crippen LogP contribution in [0.25, 0.3) is 44.2 Å². The van der Waals surface area contributed by atoms with E-state index in [0.29, 0.717) is 5.56 Å². The van der Waals surface area contributed by atoms with E-state index in [1.807, 2.05) is 60.7 Å². The average Bonchev–Trinajstić information content (AvgIpc) is 2.92. The molecule has 0 unspecified atom stereocenters. The molecule has 7 rings (SSSR count). The van der Waals surface area contributed by atoms with E-state index < -0.39 is 0 Å². The van der Waals surface area contributed by atoms with Gasteiger partial charge >= 0.3 is 0 Å². The number of hydrogen-bond acceptors (Lipinski definition) is 3. The summed E-state index contributed by atoms with van der Waals surface area (Å²) in [7, 11) is 0. The summed E-state index contributed by atoms with van der Waals surface area (Å²) >= 11 is 0. The van der Waals surface area contributed by atoms with Gasteiger partial charge in [-0.1, -0.05) is 55.8 Å². The van der Waals surface area contributed by atoms with Crippen LogP contribution in [0.3, 0.4) is 0 Å². The van der Waals surface area contributed by atoms with Gasteiger partial charge in [-0.3, -0.25) is 4.98 Å². The van der Waals surface area contributed by atoms with Gasteiger partial charge in [0.05, 0.1) is 5.52 Å². The molecule has 0 N–H and O–H groups in total. The molecule has 0 saturated heterocycles. The van der Waals surface area contributed by atoms with E-state index in [0.717, 1.165) is 49.8 Å². The summed E-state index contributed by atoms with van der Waals surface area (Å²) in [6.45, 7) is 4.13. The average molecular weight is 660 g/mol. The summed E-state index contributed by atoms with van der Waals surface area (Å²) in [5.41, 5.74) is 5.97. The minimum atomic E-state index is -0.382. The maximum Gasteiger partial charge on any atom is 0.106 e. The van der Waals surface area contributed by atoms with Gasteiger partial charge in [0.15, 0.2) is 0 Å². The van der Waals surface area contributed by atoms with Gasteiger partial charge in [-0.05, 0) is 50.7 Å². The van der Waals surface area contributed by atoms with Crippen molar-refractivity contribution in [1.29, 1.82) is 0 Å². The number of halogens is 1. The molecule has 0 atom stereocenters. The molecule has 2 aromatic heterocycles. The number of aromatic nitrogens is 3. The second kappa shape index (κ2) is 9.93. The Hall–Kier alpha value is -3.79. The van der Waals surface area contributed by atoms with Crippen LogP contribution in [-0.4, -0.2) is 15.0 Å². The number of benzene rings is 4. The predicted octanol–water partition coefficient (Wildman–Crippen LogP) is 7.57. The summed E-state index contributed by atoms with van der Waals surface area (Å²) in [6.07, 6.45) is 3.38. The third-order valence-electron chi connectivity index (χ3n) is 6.78. The standard InChI is InChI=1S/C18H13FN.C14H9N2.Ir/c1-18(2)13-7-3-5-11-9-10-20-17(15(11)13)12-6-4-8-14(19)16(12)18;1-2-6-11(7-3-1)14-12-8-4-5-9-13(12)15-10-16-14;/h3-5,7-10H,1-2H3;1-6,8-10H;/q2*-1;. The van der Waals surface area contributed by atoms with Crippen molar-refractivity contribution < 1.29 is 24.5 Å². The molecule has 1 aliphatic carbocycles. The van der Waals surface area contributed by atoms with Crippen LogP contribution in [0.1, 0.15) is 25.0 Å². The first-order valence-electron chi connectivity index (χ1n) is 11.8. The Labute approximate surface area is 228 Å². The zero-order chi connectivity index (χ0) is 24.7. The predicted molar refractivity (Wildman–Crippen MR) is 142 cm³/mol. The van der Waals surface area contributed by atoms with Gasteiger partial charge in [0.25, 0.3) is 0 Å². The van der Waals surface area contributed by atoms with E-state index in [2.05, 4.69) is 53.1 Å². The van der Waals surface area contributed by atoms with Crippen LogP contribution in [0.15, 0.2) is 97.5 Å². The second-order valence-electron chi connectivity index (χ2n) is 9.28. The molecule has 0 aliphatic heterocycles. The molecule has 0 spiro atoms. The third kappa shape index (κ3) is 4.25. The molecule has 0 fully saturated rings. The minimum absolute atomic E-state index is 0. The first kappa shape index (κ1) is 24.9. The van der Waals surface area contributed by atoms with Crippen molar-refractivity contribution in [2.75, 3.05) is 0 Å². The molecule has 2 heterocycles. The fourth-order valence-corrected chi connectivity index (χ4v) is 5.11. The van der Waals surface area contributed by atoms with Crippen LogP contribution in [0, 0.1) is 17.9 Å². The molecular formula is C32H22FIrN3-2. The van der Waals surface area contributed by atoms with E-state index >= 15 is 0 Å². The fraction of sp³-hybridized carbons (Fsp3) is 0.0938. The molecule has 1 aliphatic rings. The first-order chi connectivity index (χ1) is 17.6. The Morgan fingerprint density at radius 1 is 0.757 bits per heavy atom. The smallest absolute Gasteiger partial charge is 0.106 e. The van der Waals surface area contributed by atoms with Crippen molar-refractivity contribution in [2.45, 2.75) is 19.3 Å². The van der Waals surface area contributed by atoms with Gasteiger partial charge in [0.1, 0.15) is 6.33 Å². The molecule has 4 aromatic carbocycles. The maximum absolute atomic E-state index is 14.4. The molecule has 5 heteroatoms. The number of fused-ring (bicyclic) bond motifs is 3. The Kier molecular flexibility index (Phi) is 6.68. The van der Waals surface area contributed by atoms with Gasteiger partial charge in [-0.2, -0.15) is 0 Å². The number of para-hydroxylation sites is 1. The molecule has 183 valence electrons. The van der Waals surface area contributed by atoms with Crippen molar-refractivity contribution in [3.8, 4) is 22.5 Å². The molecule has 0 amide bonds. The monoisotopic (exact) mass is 660 g/mol. The van der Waals surface area contributed by atoms with Gasteiger partial charge in [-0.15, -0.1) is 59.7 Å². The summed E-state index contributed by atoms with van der Waals surface area (Å²) in [4.78, 5) is 13.1. The van der Waals surface area contributed by atoms with Crippen molar-refractivity contribution in [2.24, 2.45) is 0 Å². The molecular weight excluding hydrogens is 638 g/mol. The van der Waals surface area contributed by atoms with E-state index in [4.69, 9.17) is 0 Å². The number of nitrogens with zero attached hydrogens (tertiary/aromatic N) is 3. The molecule has 3 nitrogen and oxygen atoms in total. The molecule has 6 aromatic rings. The molecule has 37 heavy (non-hydrogen) atoms. The Bertz CT molecular complexity index is 1720. The normalized spacial score (nSPS) is 12.7. The van der Waals surface area contributed by atoms with Crippen LogP contribution >= 0.6 is 0 Å². The van der Waals surface area contributed by atoms with E-state index in [-0.39, 0.29) is 31.3 Å². The Morgan fingerprint density at radius 3 is 2.43 bits per heavy atom. The number of pyridine rings is 1. The van der Waals surface area contributed by atoms with Crippen molar-refractivity contribution >= 4 is 21.7 Å². The first-order valence-corrected chi connectivity index (χ1v) is 11.8. The van der Waals surface area contributed by atoms with Crippen LogP contribution in [0.2, 0.25) is 0 Å². The van der Waals surface area contributed by atoms with Crippen molar-refractivity contribution in [3.63, 3.8) is 0 Å². The van der Waals surface area contributed by atoms with Gasteiger partial charge in [0.2, 0.25) is 0 Å². The SMILES string of the molecule is CC1(C)c2c([c-]ccc2F)-c2nccc3cccc1c23.[Ir].[c-]1ccccc1-c1ncnc2ccccc12. The summed E-state index contributed by atoms with van der Waals surface area (Å²) < 4.78 is 14.4. The van der Waals surface area contributed by atoms with Crippen LogP contribution < -0.4 is 0 Å². The topological polar surface area (TPSA) is 38.7 Å². The van der Waals surface area contributed by atoms with Gasteiger partial charge < -0.3 is 4.98 Å². The van der Waals surface area contributed by atoms with E-state index in [1.165, 1.54) is 6.07 Å². The van der Waals surface area contributed by atoms with E-state index in [9.17, 15) is 4.39 Å². The van der Waals surface area contributed by atoms with E-state index in [1.54, 1.807) is 18.6 Å². The van der Waals surface area contributed by atoms with Crippen LogP contribution in [-0.2, 0) is 25.5 Å². The molecule has 1 radical (unpaired) electrons. The largest absolute Gasteiger partial charge is 0.304 e. The summed E-state index contributed by atoms with van der Waals surface area (Å²) in [5, 5.41) is 3.32. The molecule has 0 saturated carbocycles. The minimum Gasteiger partial charge on any atom is -0.304 e. The summed E-state index contributed by atoms with van der Waals surface area (Å²) in [5.74, 6) is -0.183. The zero-order valence-electron chi connectivity index (χ0n) is 20.3. The fourth-order valence-electron chi connectivity index (χ4n) is 5.11.